The van der Waals surface area contributed by atoms with Crippen molar-refractivity contribution in [2.24, 2.45) is 11.1 Å². The maximum atomic E-state index is 13.4. The van der Waals surface area contributed by atoms with Crippen LogP contribution in [0.1, 0.15) is 37.6 Å². The van der Waals surface area contributed by atoms with Gasteiger partial charge in [-0.05, 0) is 17.5 Å². The fraction of sp³-hybridized carbons (Fsp3) is 0.429. The van der Waals surface area contributed by atoms with E-state index in [-0.39, 0.29) is 23.6 Å². The molecule has 1 aromatic rings. The lowest BCUT2D eigenvalue weighted by molar-refractivity contribution is -0.117. The van der Waals surface area contributed by atoms with Crippen molar-refractivity contribution in [3.05, 3.63) is 29.6 Å². The summed E-state index contributed by atoms with van der Waals surface area (Å²) in [6.07, 6.45) is 0.0269. The van der Waals surface area contributed by atoms with Crippen LogP contribution in [-0.4, -0.2) is 23.0 Å². The molecule has 110 valence electrons. The van der Waals surface area contributed by atoms with Crippen LogP contribution in [-0.2, 0) is 4.79 Å². The number of carbonyl (C=O) groups is 2. The third-order valence-corrected chi connectivity index (χ3v) is 3.02. The SMILES string of the molecule is CC(C)(C)C(N)CC(=O)Nc1cccc(F)c1C(=O)O. The first-order valence-electron chi connectivity index (χ1n) is 6.20. The number of carboxylic acid groups (broad SMARTS) is 1. The Hall–Kier alpha value is -1.95. The number of nitrogens with one attached hydrogen (secondary N) is 1. The van der Waals surface area contributed by atoms with E-state index < -0.39 is 23.3 Å². The molecule has 0 aliphatic rings. The Balaban J connectivity index is 2.87. The van der Waals surface area contributed by atoms with Crippen LogP contribution in [0.4, 0.5) is 10.1 Å². The smallest absolute Gasteiger partial charge is 0.340 e. The second kappa shape index (κ2) is 6.00. The normalized spacial score (nSPS) is 12.8. The fourth-order valence-electron chi connectivity index (χ4n) is 1.55. The van der Waals surface area contributed by atoms with E-state index in [2.05, 4.69) is 5.32 Å². The van der Waals surface area contributed by atoms with Crippen molar-refractivity contribution in [1.82, 2.24) is 0 Å². The molecular weight excluding hydrogens is 263 g/mol. The lowest BCUT2D eigenvalue weighted by atomic mass is 9.85. The zero-order valence-corrected chi connectivity index (χ0v) is 11.7. The average Bonchev–Trinajstić information content (AvgIpc) is 2.26. The molecule has 1 unspecified atom stereocenters. The topological polar surface area (TPSA) is 92.4 Å². The van der Waals surface area contributed by atoms with Crippen LogP contribution in [0.15, 0.2) is 18.2 Å². The van der Waals surface area contributed by atoms with Gasteiger partial charge in [0.1, 0.15) is 11.4 Å². The fourth-order valence-corrected chi connectivity index (χ4v) is 1.55. The summed E-state index contributed by atoms with van der Waals surface area (Å²) in [5.74, 6) is -2.77. The minimum Gasteiger partial charge on any atom is -0.478 e. The number of aromatic carboxylic acids is 1. The number of nitrogens with two attached hydrogens (primary N) is 1. The van der Waals surface area contributed by atoms with Gasteiger partial charge in [0.2, 0.25) is 5.91 Å². The Morgan fingerprint density at radius 1 is 1.40 bits per heavy atom. The molecule has 4 N–H and O–H groups in total. The average molecular weight is 282 g/mol. The van der Waals surface area contributed by atoms with Gasteiger partial charge in [0, 0.05) is 12.5 Å². The van der Waals surface area contributed by atoms with Gasteiger partial charge in [0.25, 0.3) is 0 Å². The van der Waals surface area contributed by atoms with Crippen LogP contribution in [0.3, 0.4) is 0 Å². The zero-order chi connectivity index (χ0) is 15.5. The van der Waals surface area contributed by atoms with E-state index in [1.165, 1.54) is 12.1 Å². The summed E-state index contributed by atoms with van der Waals surface area (Å²) >= 11 is 0. The van der Waals surface area contributed by atoms with E-state index in [0.29, 0.717) is 0 Å². The molecular formula is C14H19FN2O3. The second-order valence-electron chi connectivity index (χ2n) is 5.69. The summed E-state index contributed by atoms with van der Waals surface area (Å²) in [4.78, 5) is 22.8. The number of benzene rings is 1. The van der Waals surface area contributed by atoms with Crippen molar-refractivity contribution in [1.29, 1.82) is 0 Å². The number of anilines is 1. The van der Waals surface area contributed by atoms with Gasteiger partial charge in [-0.1, -0.05) is 26.8 Å². The minimum absolute atomic E-state index is 0.0269. The van der Waals surface area contributed by atoms with Crippen molar-refractivity contribution in [2.45, 2.75) is 33.2 Å². The molecule has 0 radical (unpaired) electrons. The first kappa shape index (κ1) is 16.1. The first-order chi connectivity index (χ1) is 9.12. The molecule has 5 nitrogen and oxygen atoms in total. The Labute approximate surface area is 117 Å². The summed E-state index contributed by atoms with van der Waals surface area (Å²) in [7, 11) is 0. The molecule has 0 spiro atoms. The molecule has 0 aromatic heterocycles. The maximum Gasteiger partial charge on any atom is 0.340 e. The molecule has 0 heterocycles. The Kier molecular flexibility index (Phi) is 4.83. The maximum absolute atomic E-state index is 13.4. The Bertz CT molecular complexity index is 524. The van der Waals surface area contributed by atoms with Gasteiger partial charge in [-0.3, -0.25) is 4.79 Å². The van der Waals surface area contributed by atoms with Crippen molar-refractivity contribution in [3.63, 3.8) is 0 Å². The van der Waals surface area contributed by atoms with Gasteiger partial charge >= 0.3 is 5.97 Å². The van der Waals surface area contributed by atoms with Gasteiger partial charge in [-0.2, -0.15) is 0 Å². The first-order valence-corrected chi connectivity index (χ1v) is 6.20. The minimum atomic E-state index is -1.43. The molecule has 0 fully saturated rings. The van der Waals surface area contributed by atoms with E-state index in [0.717, 1.165) is 6.07 Å². The van der Waals surface area contributed by atoms with Crippen LogP contribution in [0, 0.1) is 11.2 Å². The van der Waals surface area contributed by atoms with Crippen LogP contribution in [0.25, 0.3) is 0 Å². The molecule has 0 aliphatic heterocycles. The molecule has 1 aromatic carbocycles. The number of carbonyl (C=O) groups excluding carboxylic acids is 1. The lowest BCUT2D eigenvalue weighted by Crippen LogP contribution is -2.38. The molecule has 0 saturated carbocycles. The molecule has 20 heavy (non-hydrogen) atoms. The van der Waals surface area contributed by atoms with Gasteiger partial charge < -0.3 is 16.2 Å². The second-order valence-corrected chi connectivity index (χ2v) is 5.69. The summed E-state index contributed by atoms with van der Waals surface area (Å²) < 4.78 is 13.4. The molecule has 0 bridgehead atoms. The monoisotopic (exact) mass is 282 g/mol. The highest BCUT2D eigenvalue weighted by Gasteiger charge is 2.24. The lowest BCUT2D eigenvalue weighted by Gasteiger charge is -2.26. The summed E-state index contributed by atoms with van der Waals surface area (Å²) in [5, 5.41) is 11.4. The molecule has 6 heteroatoms. The number of rotatable bonds is 4. The van der Waals surface area contributed by atoms with E-state index in [1.807, 2.05) is 20.8 Å². The Morgan fingerprint density at radius 2 is 2.00 bits per heavy atom. The predicted molar refractivity (Wildman–Crippen MR) is 74.0 cm³/mol. The largest absolute Gasteiger partial charge is 0.478 e. The molecule has 1 rings (SSSR count). The van der Waals surface area contributed by atoms with E-state index in [4.69, 9.17) is 10.8 Å². The van der Waals surface area contributed by atoms with E-state index >= 15 is 0 Å². The van der Waals surface area contributed by atoms with Crippen molar-refractivity contribution in [3.8, 4) is 0 Å². The van der Waals surface area contributed by atoms with Gasteiger partial charge in [0.05, 0.1) is 5.69 Å². The molecule has 0 aliphatic carbocycles. The quantitative estimate of drug-likeness (QED) is 0.789. The van der Waals surface area contributed by atoms with Crippen LogP contribution in [0.5, 0.6) is 0 Å². The standard InChI is InChI=1S/C14H19FN2O3/c1-14(2,3)10(16)7-11(18)17-9-6-4-5-8(15)12(9)13(19)20/h4-6,10H,7,16H2,1-3H3,(H,17,18)(H,19,20). The molecule has 1 amide bonds. The van der Waals surface area contributed by atoms with Gasteiger partial charge in [-0.25, -0.2) is 9.18 Å². The summed E-state index contributed by atoms with van der Waals surface area (Å²) in [5.41, 5.74) is 5.01. The highest BCUT2D eigenvalue weighted by molar-refractivity contribution is 6.00. The highest BCUT2D eigenvalue weighted by atomic mass is 19.1. The van der Waals surface area contributed by atoms with E-state index in [9.17, 15) is 14.0 Å². The zero-order valence-electron chi connectivity index (χ0n) is 11.7. The number of hydrogen-bond donors (Lipinski definition) is 3. The van der Waals surface area contributed by atoms with Crippen LogP contribution < -0.4 is 11.1 Å². The van der Waals surface area contributed by atoms with Crippen LogP contribution in [0.2, 0.25) is 0 Å². The van der Waals surface area contributed by atoms with Crippen molar-refractivity contribution < 1.29 is 19.1 Å². The molecule has 1 atom stereocenters. The van der Waals surface area contributed by atoms with Crippen molar-refractivity contribution in [2.75, 3.05) is 5.32 Å². The van der Waals surface area contributed by atoms with Gasteiger partial charge in [0.15, 0.2) is 0 Å². The third kappa shape index (κ3) is 4.03. The van der Waals surface area contributed by atoms with Crippen molar-refractivity contribution >= 4 is 17.6 Å². The number of carboxylic acids is 1. The number of halogens is 1. The third-order valence-electron chi connectivity index (χ3n) is 3.02. The predicted octanol–water partition coefficient (Wildman–Crippen LogP) is 2.23. The van der Waals surface area contributed by atoms with Gasteiger partial charge in [-0.15, -0.1) is 0 Å². The summed E-state index contributed by atoms with van der Waals surface area (Å²) in [6, 6.07) is 3.32. The van der Waals surface area contributed by atoms with Crippen LogP contribution >= 0.6 is 0 Å². The van der Waals surface area contributed by atoms with E-state index in [1.54, 1.807) is 0 Å². The highest BCUT2D eigenvalue weighted by Crippen LogP contribution is 2.22. The molecule has 0 saturated heterocycles. The summed E-state index contributed by atoms with van der Waals surface area (Å²) in [6.45, 7) is 5.70. The Morgan fingerprint density at radius 3 is 2.50 bits per heavy atom. The number of hydrogen-bond acceptors (Lipinski definition) is 3. The number of amides is 1.